The van der Waals surface area contributed by atoms with Crippen LogP contribution >= 0.6 is 11.6 Å². The highest BCUT2D eigenvalue weighted by Crippen LogP contribution is 2.26. The maximum absolute atomic E-state index is 13.1. The minimum Gasteiger partial charge on any atom is -0.454 e. The number of alkyl halides is 1. The normalized spacial score (nSPS) is 17.4. The van der Waals surface area contributed by atoms with Crippen LogP contribution in [0.2, 0.25) is 0 Å². The largest absolute Gasteiger partial charge is 0.454 e. The molecule has 28 heavy (non-hydrogen) atoms. The summed E-state index contributed by atoms with van der Waals surface area (Å²) in [6, 6.07) is 14.1. The molecule has 0 N–H and O–H groups in total. The quantitative estimate of drug-likeness (QED) is 0.402. The fourth-order valence-electron chi connectivity index (χ4n) is 3.10. The average Bonchev–Trinajstić information content (AvgIpc) is 3.10. The lowest BCUT2D eigenvalue weighted by Gasteiger charge is -2.19. The number of halogens is 2. The standard InChI is InChI=1S/C21H19ClFNO4/c22-11-10-18(20(26)14-6-8-16(23)9-7-14)28-21(27)15-12-19(25)24(13-15)17-4-2-1-3-5-17/h1-9,15,18H,10-13H2/t15-,18-/m0/s1. The summed E-state index contributed by atoms with van der Waals surface area (Å²) in [5.41, 5.74) is 0.945. The number of carbonyl (C=O) groups is 3. The van der Waals surface area contributed by atoms with E-state index in [1.54, 1.807) is 12.1 Å². The van der Waals surface area contributed by atoms with Crippen LogP contribution in [-0.2, 0) is 14.3 Å². The number of para-hydroxylation sites is 1. The van der Waals surface area contributed by atoms with E-state index in [1.807, 2.05) is 18.2 Å². The van der Waals surface area contributed by atoms with Gasteiger partial charge in [0.15, 0.2) is 6.10 Å². The number of anilines is 1. The Labute approximate surface area is 167 Å². The van der Waals surface area contributed by atoms with E-state index >= 15 is 0 Å². The molecule has 1 aliphatic rings. The van der Waals surface area contributed by atoms with Gasteiger partial charge >= 0.3 is 5.97 Å². The van der Waals surface area contributed by atoms with E-state index in [0.717, 1.165) is 0 Å². The van der Waals surface area contributed by atoms with Crippen LogP contribution < -0.4 is 4.90 Å². The van der Waals surface area contributed by atoms with E-state index in [0.29, 0.717) is 5.69 Å². The summed E-state index contributed by atoms with van der Waals surface area (Å²) in [6.45, 7) is 0.194. The summed E-state index contributed by atoms with van der Waals surface area (Å²) in [7, 11) is 0. The van der Waals surface area contributed by atoms with Crippen molar-refractivity contribution in [2.45, 2.75) is 18.9 Å². The van der Waals surface area contributed by atoms with E-state index in [2.05, 4.69) is 0 Å². The number of amides is 1. The predicted octanol–water partition coefficient (Wildman–Crippen LogP) is 3.60. The van der Waals surface area contributed by atoms with Gasteiger partial charge in [0.2, 0.25) is 11.7 Å². The Hall–Kier alpha value is -2.73. The maximum Gasteiger partial charge on any atom is 0.312 e. The minimum absolute atomic E-state index is 0.0199. The zero-order valence-electron chi connectivity index (χ0n) is 15.0. The Kier molecular flexibility index (Phi) is 6.41. The lowest BCUT2D eigenvalue weighted by molar-refractivity contribution is -0.151. The second-order valence-electron chi connectivity index (χ2n) is 6.52. The van der Waals surface area contributed by atoms with Gasteiger partial charge in [-0.15, -0.1) is 11.6 Å². The van der Waals surface area contributed by atoms with Crippen molar-refractivity contribution in [3.63, 3.8) is 0 Å². The number of ether oxygens (including phenoxy) is 1. The third-order valence-corrected chi connectivity index (χ3v) is 4.80. The molecule has 1 amide bonds. The molecule has 0 aromatic heterocycles. The van der Waals surface area contributed by atoms with Crippen LogP contribution in [0.3, 0.4) is 0 Å². The summed E-state index contributed by atoms with van der Waals surface area (Å²) in [4.78, 5) is 39.0. The molecule has 0 bridgehead atoms. The summed E-state index contributed by atoms with van der Waals surface area (Å²) in [5.74, 6) is -2.24. The molecule has 1 aliphatic heterocycles. The Morgan fingerprint density at radius 3 is 2.46 bits per heavy atom. The van der Waals surface area contributed by atoms with Gasteiger partial charge in [-0.05, 0) is 36.4 Å². The van der Waals surface area contributed by atoms with Crippen molar-refractivity contribution in [1.29, 1.82) is 0 Å². The molecule has 1 fully saturated rings. The van der Waals surface area contributed by atoms with Crippen molar-refractivity contribution in [1.82, 2.24) is 0 Å². The zero-order chi connectivity index (χ0) is 20.1. The molecule has 2 aromatic carbocycles. The van der Waals surface area contributed by atoms with Crippen LogP contribution in [0, 0.1) is 11.7 Å². The molecule has 7 heteroatoms. The first-order valence-electron chi connectivity index (χ1n) is 8.91. The second-order valence-corrected chi connectivity index (χ2v) is 6.89. The lowest BCUT2D eigenvalue weighted by atomic mass is 10.0. The summed E-state index contributed by atoms with van der Waals surface area (Å²) in [5, 5.41) is 0. The van der Waals surface area contributed by atoms with Crippen molar-refractivity contribution >= 4 is 34.9 Å². The Morgan fingerprint density at radius 2 is 1.82 bits per heavy atom. The molecule has 146 valence electrons. The molecule has 0 aliphatic carbocycles. The summed E-state index contributed by atoms with van der Waals surface area (Å²) >= 11 is 5.76. The highest BCUT2D eigenvalue weighted by Gasteiger charge is 2.38. The van der Waals surface area contributed by atoms with E-state index in [4.69, 9.17) is 16.3 Å². The first-order valence-corrected chi connectivity index (χ1v) is 9.44. The van der Waals surface area contributed by atoms with Gasteiger partial charge < -0.3 is 9.64 Å². The minimum atomic E-state index is -1.07. The number of ketones is 1. The lowest BCUT2D eigenvalue weighted by Crippen LogP contribution is -2.32. The number of esters is 1. The number of benzene rings is 2. The third kappa shape index (κ3) is 4.57. The van der Waals surface area contributed by atoms with E-state index in [-0.39, 0.29) is 36.7 Å². The number of rotatable bonds is 7. The van der Waals surface area contributed by atoms with E-state index in [9.17, 15) is 18.8 Å². The van der Waals surface area contributed by atoms with Gasteiger partial charge in [-0.25, -0.2) is 4.39 Å². The number of nitrogens with zero attached hydrogens (tertiary/aromatic N) is 1. The highest BCUT2D eigenvalue weighted by molar-refractivity contribution is 6.18. The van der Waals surface area contributed by atoms with Crippen LogP contribution in [0.5, 0.6) is 0 Å². The first-order chi connectivity index (χ1) is 13.5. The Morgan fingerprint density at radius 1 is 1.14 bits per heavy atom. The molecule has 0 unspecified atom stereocenters. The predicted molar refractivity (Wildman–Crippen MR) is 103 cm³/mol. The van der Waals surface area contributed by atoms with Crippen molar-refractivity contribution < 1.29 is 23.5 Å². The zero-order valence-corrected chi connectivity index (χ0v) is 15.8. The first kappa shape index (κ1) is 20.0. The number of hydrogen-bond donors (Lipinski definition) is 0. The van der Waals surface area contributed by atoms with Gasteiger partial charge in [-0.3, -0.25) is 14.4 Å². The fourth-order valence-corrected chi connectivity index (χ4v) is 3.30. The molecule has 1 heterocycles. The fraction of sp³-hybridized carbons (Fsp3) is 0.286. The van der Waals surface area contributed by atoms with E-state index < -0.39 is 29.6 Å². The van der Waals surface area contributed by atoms with Gasteiger partial charge in [-0.1, -0.05) is 18.2 Å². The van der Waals surface area contributed by atoms with Gasteiger partial charge in [0.1, 0.15) is 5.82 Å². The molecule has 3 rings (SSSR count). The van der Waals surface area contributed by atoms with Crippen LogP contribution in [-0.4, -0.2) is 36.2 Å². The van der Waals surface area contributed by atoms with Crippen molar-refractivity contribution in [3.8, 4) is 0 Å². The molecule has 0 spiro atoms. The van der Waals surface area contributed by atoms with E-state index in [1.165, 1.54) is 29.2 Å². The molecule has 0 saturated carbocycles. The number of hydrogen-bond acceptors (Lipinski definition) is 4. The maximum atomic E-state index is 13.1. The SMILES string of the molecule is O=C(O[C@@H](CCCl)C(=O)c1ccc(F)cc1)[C@H]1CC(=O)N(c2ccccc2)C1. The molecule has 0 radical (unpaired) electrons. The van der Waals surface area contributed by atoms with Gasteiger partial charge in [0.05, 0.1) is 5.92 Å². The topological polar surface area (TPSA) is 63.7 Å². The van der Waals surface area contributed by atoms with Gasteiger partial charge in [-0.2, -0.15) is 0 Å². The average molecular weight is 404 g/mol. The van der Waals surface area contributed by atoms with Crippen LogP contribution in [0.4, 0.5) is 10.1 Å². The van der Waals surface area contributed by atoms with Crippen molar-refractivity contribution in [3.05, 3.63) is 66.0 Å². The highest BCUT2D eigenvalue weighted by atomic mass is 35.5. The Bertz CT molecular complexity index is 856. The van der Waals surface area contributed by atoms with Crippen LogP contribution in [0.25, 0.3) is 0 Å². The molecular formula is C21H19ClFNO4. The van der Waals surface area contributed by atoms with Gasteiger partial charge in [0.25, 0.3) is 0 Å². The van der Waals surface area contributed by atoms with Crippen LogP contribution in [0.1, 0.15) is 23.2 Å². The summed E-state index contributed by atoms with van der Waals surface area (Å²) in [6.07, 6.45) is -0.921. The van der Waals surface area contributed by atoms with Crippen LogP contribution in [0.15, 0.2) is 54.6 Å². The smallest absolute Gasteiger partial charge is 0.312 e. The Balaban J connectivity index is 1.68. The monoisotopic (exact) mass is 403 g/mol. The molecular weight excluding hydrogens is 385 g/mol. The van der Waals surface area contributed by atoms with Crippen molar-refractivity contribution in [2.24, 2.45) is 5.92 Å². The molecule has 2 atom stereocenters. The summed E-state index contributed by atoms with van der Waals surface area (Å²) < 4.78 is 18.5. The van der Waals surface area contributed by atoms with Crippen molar-refractivity contribution in [2.75, 3.05) is 17.3 Å². The third-order valence-electron chi connectivity index (χ3n) is 4.58. The molecule has 2 aromatic rings. The number of carbonyl (C=O) groups excluding carboxylic acids is 3. The molecule has 1 saturated heterocycles. The second kappa shape index (κ2) is 8.97. The number of Topliss-reactive ketones (excluding diaryl/α,β-unsaturated/α-hetero) is 1. The van der Waals surface area contributed by atoms with Gasteiger partial charge in [0, 0.05) is 36.5 Å². The molecule has 5 nitrogen and oxygen atoms in total.